The Morgan fingerprint density at radius 2 is 2.11 bits per heavy atom. The summed E-state index contributed by atoms with van der Waals surface area (Å²) in [6.07, 6.45) is 2.42. The van der Waals surface area contributed by atoms with Crippen LogP contribution in [0.3, 0.4) is 0 Å². The van der Waals surface area contributed by atoms with E-state index < -0.39 is 17.7 Å². The molecule has 0 aliphatic carbocycles. The van der Waals surface area contributed by atoms with E-state index in [-0.39, 0.29) is 5.56 Å². The van der Waals surface area contributed by atoms with Crippen LogP contribution in [0.2, 0.25) is 0 Å². The summed E-state index contributed by atoms with van der Waals surface area (Å²) in [4.78, 5) is 2.14. The molecule has 0 radical (unpaired) electrons. The van der Waals surface area contributed by atoms with Crippen molar-refractivity contribution >= 4 is 0 Å². The van der Waals surface area contributed by atoms with Gasteiger partial charge >= 0.3 is 0 Å². The quantitative estimate of drug-likeness (QED) is 0.911. The average Bonchev–Trinajstić information content (AvgIpc) is 2.58. The zero-order valence-electron chi connectivity index (χ0n) is 11.3. The van der Waals surface area contributed by atoms with E-state index in [0.29, 0.717) is 12.5 Å². The van der Waals surface area contributed by atoms with E-state index in [1.54, 1.807) is 0 Å². The van der Waals surface area contributed by atoms with E-state index in [1.165, 1.54) is 18.6 Å². The smallest absolute Gasteiger partial charge is 0.164 e. The van der Waals surface area contributed by atoms with Crippen LogP contribution in [0.15, 0.2) is 18.2 Å². The summed E-state index contributed by atoms with van der Waals surface area (Å²) in [5, 5.41) is 10.1. The Morgan fingerprint density at radius 1 is 1.32 bits per heavy atom. The molecule has 1 aromatic carbocycles. The van der Waals surface area contributed by atoms with Crippen molar-refractivity contribution in [3.05, 3.63) is 35.4 Å². The zero-order chi connectivity index (χ0) is 13.8. The number of aliphatic hydroxyl groups excluding tert-OH is 1. The van der Waals surface area contributed by atoms with Gasteiger partial charge in [-0.2, -0.15) is 0 Å². The molecule has 2 unspecified atom stereocenters. The molecule has 0 amide bonds. The Hall–Kier alpha value is -1.00. The first-order valence-corrected chi connectivity index (χ1v) is 6.92. The number of hydrogen-bond donors (Lipinski definition) is 1. The highest BCUT2D eigenvalue weighted by Gasteiger charge is 2.20. The van der Waals surface area contributed by atoms with Crippen molar-refractivity contribution in [1.29, 1.82) is 0 Å². The lowest BCUT2D eigenvalue weighted by Crippen LogP contribution is -2.30. The maximum Gasteiger partial charge on any atom is 0.164 e. The number of rotatable bonds is 3. The second-order valence-electron chi connectivity index (χ2n) is 5.50. The van der Waals surface area contributed by atoms with Gasteiger partial charge in [0.15, 0.2) is 11.6 Å². The molecule has 1 aromatic rings. The van der Waals surface area contributed by atoms with Crippen molar-refractivity contribution in [1.82, 2.24) is 4.90 Å². The van der Waals surface area contributed by atoms with Gasteiger partial charge in [-0.25, -0.2) is 8.78 Å². The molecule has 1 aliphatic heterocycles. The van der Waals surface area contributed by atoms with E-state index in [0.717, 1.165) is 32.0 Å². The monoisotopic (exact) mass is 269 g/mol. The van der Waals surface area contributed by atoms with Crippen LogP contribution in [0, 0.1) is 17.6 Å². The van der Waals surface area contributed by atoms with E-state index in [2.05, 4.69) is 11.8 Å². The van der Waals surface area contributed by atoms with Crippen LogP contribution in [-0.2, 0) is 0 Å². The van der Waals surface area contributed by atoms with Gasteiger partial charge in [0.1, 0.15) is 0 Å². The molecule has 1 aliphatic rings. The van der Waals surface area contributed by atoms with Crippen LogP contribution in [0.5, 0.6) is 0 Å². The average molecular weight is 269 g/mol. The third-order valence-corrected chi connectivity index (χ3v) is 3.88. The molecular weight excluding hydrogens is 248 g/mol. The van der Waals surface area contributed by atoms with E-state index in [9.17, 15) is 13.9 Å². The second kappa shape index (κ2) is 6.44. The summed E-state index contributed by atoms with van der Waals surface area (Å²) in [5.41, 5.74) is 0.0531. The van der Waals surface area contributed by atoms with Crippen molar-refractivity contribution in [2.24, 2.45) is 5.92 Å². The fourth-order valence-corrected chi connectivity index (χ4v) is 2.63. The summed E-state index contributed by atoms with van der Waals surface area (Å²) >= 11 is 0. The van der Waals surface area contributed by atoms with Gasteiger partial charge in [-0.3, -0.25) is 0 Å². The highest BCUT2D eigenvalue weighted by Crippen LogP contribution is 2.22. The van der Waals surface area contributed by atoms with E-state index in [4.69, 9.17) is 0 Å². The first-order chi connectivity index (χ1) is 9.08. The van der Waals surface area contributed by atoms with Crippen LogP contribution in [0.1, 0.15) is 37.9 Å². The summed E-state index contributed by atoms with van der Waals surface area (Å²) in [5.74, 6) is -1.13. The van der Waals surface area contributed by atoms with Gasteiger partial charge in [0.25, 0.3) is 0 Å². The number of aliphatic hydroxyl groups is 1. The fourth-order valence-electron chi connectivity index (χ4n) is 2.63. The molecule has 19 heavy (non-hydrogen) atoms. The minimum Gasteiger partial charge on any atom is -0.387 e. The topological polar surface area (TPSA) is 23.5 Å². The minimum atomic E-state index is -0.968. The Labute approximate surface area is 113 Å². The van der Waals surface area contributed by atoms with E-state index in [1.807, 2.05) is 0 Å². The molecule has 2 rings (SSSR count). The summed E-state index contributed by atoms with van der Waals surface area (Å²) in [6, 6.07) is 3.95. The molecule has 0 bridgehead atoms. The molecule has 1 saturated heterocycles. The van der Waals surface area contributed by atoms with Crippen molar-refractivity contribution in [2.75, 3.05) is 19.6 Å². The molecule has 1 fully saturated rings. The summed E-state index contributed by atoms with van der Waals surface area (Å²) in [7, 11) is 0. The molecule has 2 nitrogen and oxygen atoms in total. The van der Waals surface area contributed by atoms with Crippen LogP contribution in [0.4, 0.5) is 8.78 Å². The lowest BCUT2D eigenvalue weighted by Gasteiger charge is -2.23. The maximum atomic E-state index is 13.6. The third kappa shape index (κ3) is 3.74. The van der Waals surface area contributed by atoms with Crippen molar-refractivity contribution in [3.8, 4) is 0 Å². The predicted molar refractivity (Wildman–Crippen MR) is 70.8 cm³/mol. The van der Waals surface area contributed by atoms with Crippen LogP contribution in [0.25, 0.3) is 0 Å². The van der Waals surface area contributed by atoms with Gasteiger partial charge in [-0.1, -0.05) is 19.1 Å². The van der Waals surface area contributed by atoms with Gasteiger partial charge in [0, 0.05) is 12.1 Å². The SMILES string of the molecule is CC1CCCN(CC(O)c2cccc(F)c2F)CC1. The number of halogens is 2. The lowest BCUT2D eigenvalue weighted by atomic mass is 10.0. The summed E-state index contributed by atoms with van der Waals surface area (Å²) < 4.78 is 26.7. The number of benzene rings is 1. The Kier molecular flexibility index (Phi) is 4.88. The fraction of sp³-hybridized carbons (Fsp3) is 0.600. The predicted octanol–water partition coefficient (Wildman–Crippen LogP) is 3.12. The van der Waals surface area contributed by atoms with Gasteiger partial charge in [0.2, 0.25) is 0 Å². The maximum absolute atomic E-state index is 13.6. The highest BCUT2D eigenvalue weighted by molar-refractivity contribution is 5.21. The van der Waals surface area contributed by atoms with Crippen LogP contribution >= 0.6 is 0 Å². The Balaban J connectivity index is 2.00. The highest BCUT2D eigenvalue weighted by atomic mass is 19.2. The molecule has 1 heterocycles. The molecule has 1 N–H and O–H groups in total. The molecule has 0 saturated carbocycles. The molecular formula is C15H21F2NO. The van der Waals surface area contributed by atoms with Gasteiger partial charge in [-0.15, -0.1) is 0 Å². The van der Waals surface area contributed by atoms with Crippen molar-refractivity contribution in [3.63, 3.8) is 0 Å². The zero-order valence-corrected chi connectivity index (χ0v) is 11.3. The number of nitrogens with zero attached hydrogens (tertiary/aromatic N) is 1. The van der Waals surface area contributed by atoms with Gasteiger partial charge < -0.3 is 10.0 Å². The standard InChI is InChI=1S/C15H21F2NO/c1-11-4-3-8-18(9-7-11)10-14(19)12-5-2-6-13(16)15(12)17/h2,5-6,11,14,19H,3-4,7-10H2,1H3. The summed E-state index contributed by atoms with van der Waals surface area (Å²) in [6.45, 7) is 4.42. The second-order valence-corrected chi connectivity index (χ2v) is 5.50. The third-order valence-electron chi connectivity index (χ3n) is 3.88. The van der Waals surface area contributed by atoms with Crippen molar-refractivity contribution < 1.29 is 13.9 Å². The number of β-amino-alcohol motifs (C(OH)–C–C–N with tert-alkyl or cyclic N) is 1. The van der Waals surface area contributed by atoms with Gasteiger partial charge in [0.05, 0.1) is 6.10 Å². The molecule has 106 valence electrons. The Bertz CT molecular complexity index is 425. The Morgan fingerprint density at radius 3 is 2.89 bits per heavy atom. The first kappa shape index (κ1) is 14.4. The van der Waals surface area contributed by atoms with E-state index >= 15 is 0 Å². The molecule has 4 heteroatoms. The normalized spacial score (nSPS) is 23.1. The number of hydrogen-bond acceptors (Lipinski definition) is 2. The lowest BCUT2D eigenvalue weighted by molar-refractivity contribution is 0.111. The van der Waals surface area contributed by atoms with Crippen molar-refractivity contribution in [2.45, 2.75) is 32.3 Å². The molecule has 2 atom stereocenters. The largest absolute Gasteiger partial charge is 0.387 e. The molecule has 0 aromatic heterocycles. The van der Waals surface area contributed by atoms with Gasteiger partial charge in [-0.05, 0) is 44.3 Å². The first-order valence-electron chi connectivity index (χ1n) is 6.92. The number of likely N-dealkylation sites (tertiary alicyclic amines) is 1. The van der Waals surface area contributed by atoms with Crippen LogP contribution < -0.4 is 0 Å². The molecule has 0 spiro atoms. The van der Waals surface area contributed by atoms with Crippen LogP contribution in [-0.4, -0.2) is 29.6 Å². The minimum absolute atomic E-state index is 0.0531.